The van der Waals surface area contributed by atoms with Crippen LogP contribution in [0.15, 0.2) is 57.9 Å². The van der Waals surface area contributed by atoms with Gasteiger partial charge in [0.05, 0.1) is 0 Å². The Balaban J connectivity index is 1.28. The maximum Gasteiger partial charge on any atom is 0.287 e. The van der Waals surface area contributed by atoms with Gasteiger partial charge in [0.15, 0.2) is 5.76 Å². The number of carbonyl (C=O) groups excluding carboxylic acids is 5. The minimum absolute atomic E-state index is 0.0453. The molecule has 0 spiro atoms. The smallest absolute Gasteiger partial charge is 0.287 e. The molecule has 0 radical (unpaired) electrons. The molecule has 1 aromatic carbocycles. The van der Waals surface area contributed by atoms with Crippen molar-refractivity contribution >= 4 is 46.1 Å². The first-order chi connectivity index (χ1) is 20.7. The van der Waals surface area contributed by atoms with Gasteiger partial charge in [-0.2, -0.15) is 0 Å². The number of aromatic nitrogens is 1. The predicted octanol–water partition coefficient (Wildman–Crippen LogP) is 2.12. The molecule has 2 aliphatic rings. The summed E-state index contributed by atoms with van der Waals surface area (Å²) in [6.45, 7) is -0.203. The average Bonchev–Trinajstić information content (AvgIpc) is 3.52. The Labute approximate surface area is 247 Å². The Morgan fingerprint density at radius 3 is 2.47 bits per heavy atom. The summed E-state index contributed by atoms with van der Waals surface area (Å²) in [5, 5.41) is 11.1. The third-order valence-electron chi connectivity index (χ3n) is 8.40. The third kappa shape index (κ3) is 6.85. The van der Waals surface area contributed by atoms with Crippen molar-refractivity contribution < 1.29 is 28.4 Å². The molecule has 2 unspecified atom stereocenters. The highest BCUT2D eigenvalue weighted by atomic mass is 16.3. The number of nitrogens with zero attached hydrogens (tertiary/aromatic N) is 1. The summed E-state index contributed by atoms with van der Waals surface area (Å²) in [4.78, 5) is 76.3. The maximum atomic E-state index is 13.3. The number of hydrogen-bond donors (Lipinski definition) is 4. The molecule has 12 nitrogen and oxygen atoms in total. The standard InChI is InChI=1S/C31H35N5O7/c1-32-29(40)23(37)14-13-21(33-30(41)25-16-20-6-2-3-10-24(20)43-25)28(39)34-22-9-5-15-36(31(22)42)17-26(38)35-27-18-7-4-8-19(27)12-11-18/h2-3,5-6,9-10,15-16,18-19,21,27H,4,7-8,11-14,17H2,1H3,(H,32,40)(H,33,41)(H,34,39)(H,35,38)/t18?,19?,21-,27?/m0/s1. The molecule has 2 saturated carbocycles. The van der Waals surface area contributed by atoms with E-state index in [1.807, 2.05) is 0 Å². The van der Waals surface area contributed by atoms with Crippen molar-refractivity contribution in [2.24, 2.45) is 11.8 Å². The van der Waals surface area contributed by atoms with Crippen molar-refractivity contribution in [1.29, 1.82) is 0 Å². The van der Waals surface area contributed by atoms with E-state index < -0.39 is 35.1 Å². The zero-order valence-corrected chi connectivity index (χ0v) is 23.9. The van der Waals surface area contributed by atoms with Gasteiger partial charge in [0, 0.05) is 31.1 Å². The number of anilines is 1. The Morgan fingerprint density at radius 2 is 1.74 bits per heavy atom. The van der Waals surface area contributed by atoms with Gasteiger partial charge in [-0.05, 0) is 68.2 Å². The number of furan rings is 1. The number of ketones is 1. The number of likely N-dealkylation sites (N-methyl/N-ethyl adjacent to an activating group) is 1. The van der Waals surface area contributed by atoms with Crippen molar-refractivity contribution in [2.45, 2.75) is 63.6 Å². The average molecular weight is 590 g/mol. The van der Waals surface area contributed by atoms with Gasteiger partial charge < -0.3 is 30.3 Å². The van der Waals surface area contributed by atoms with E-state index in [0.717, 1.165) is 25.7 Å². The van der Waals surface area contributed by atoms with Crippen LogP contribution in [0.25, 0.3) is 11.0 Å². The summed E-state index contributed by atoms with van der Waals surface area (Å²) in [5.41, 5.74) is -0.214. The zero-order chi connectivity index (χ0) is 30.5. The van der Waals surface area contributed by atoms with Gasteiger partial charge in [-0.3, -0.25) is 28.8 Å². The number of rotatable bonds is 11. The molecule has 2 heterocycles. The van der Waals surface area contributed by atoms with Crippen LogP contribution in [0.1, 0.15) is 55.5 Å². The van der Waals surface area contributed by atoms with Gasteiger partial charge in [-0.25, -0.2) is 0 Å². The predicted molar refractivity (Wildman–Crippen MR) is 157 cm³/mol. The van der Waals surface area contributed by atoms with E-state index in [1.54, 1.807) is 24.3 Å². The van der Waals surface area contributed by atoms with Crippen LogP contribution in [0.2, 0.25) is 0 Å². The van der Waals surface area contributed by atoms with Crippen molar-refractivity contribution in [3.05, 3.63) is 64.8 Å². The molecule has 3 atom stereocenters. The van der Waals surface area contributed by atoms with E-state index in [1.165, 1.54) is 42.4 Å². The van der Waals surface area contributed by atoms with Gasteiger partial charge in [0.1, 0.15) is 23.9 Å². The molecule has 4 N–H and O–H groups in total. The van der Waals surface area contributed by atoms with Gasteiger partial charge in [-0.15, -0.1) is 0 Å². The van der Waals surface area contributed by atoms with Crippen molar-refractivity contribution in [3.8, 4) is 0 Å². The molecule has 2 fully saturated rings. The van der Waals surface area contributed by atoms with Crippen LogP contribution >= 0.6 is 0 Å². The highest BCUT2D eigenvalue weighted by Gasteiger charge is 2.39. The molecule has 2 aromatic heterocycles. The van der Waals surface area contributed by atoms with Gasteiger partial charge >= 0.3 is 0 Å². The topological polar surface area (TPSA) is 169 Å². The fraction of sp³-hybridized carbons (Fsp3) is 0.419. The number of benzene rings is 1. The molecule has 12 heteroatoms. The first-order valence-electron chi connectivity index (χ1n) is 14.6. The van der Waals surface area contributed by atoms with Crippen LogP contribution in [0, 0.1) is 11.8 Å². The third-order valence-corrected chi connectivity index (χ3v) is 8.40. The van der Waals surface area contributed by atoms with E-state index in [2.05, 4.69) is 21.3 Å². The lowest BCUT2D eigenvalue weighted by Crippen LogP contribution is -2.46. The van der Waals surface area contributed by atoms with Crippen LogP contribution < -0.4 is 26.8 Å². The van der Waals surface area contributed by atoms with E-state index in [-0.39, 0.29) is 42.8 Å². The summed E-state index contributed by atoms with van der Waals surface area (Å²) in [6, 6.07) is 10.3. The SMILES string of the molecule is CNC(=O)C(=O)CC[C@H](NC(=O)c1cc2ccccc2o1)C(=O)Nc1cccn(CC(=O)NC2C3CCCC2CC3)c1=O. The van der Waals surface area contributed by atoms with Crippen LogP contribution in [0.5, 0.6) is 0 Å². The highest BCUT2D eigenvalue weighted by molar-refractivity contribution is 6.36. The largest absolute Gasteiger partial charge is 0.451 e. The summed E-state index contributed by atoms with van der Waals surface area (Å²) >= 11 is 0. The number of carbonyl (C=O) groups is 5. The number of hydrogen-bond acceptors (Lipinski definition) is 7. The van der Waals surface area contributed by atoms with E-state index in [0.29, 0.717) is 22.8 Å². The summed E-state index contributed by atoms with van der Waals surface area (Å²) < 4.78 is 6.80. The fourth-order valence-corrected chi connectivity index (χ4v) is 6.18. The maximum absolute atomic E-state index is 13.3. The monoisotopic (exact) mass is 589 g/mol. The lowest BCUT2D eigenvalue weighted by Gasteiger charge is -2.30. The second kappa shape index (κ2) is 13.1. The number of fused-ring (bicyclic) bond motifs is 3. The minimum atomic E-state index is -1.28. The van der Waals surface area contributed by atoms with Crippen LogP contribution in [0.4, 0.5) is 5.69 Å². The zero-order valence-electron chi connectivity index (χ0n) is 23.9. The van der Waals surface area contributed by atoms with E-state index in [9.17, 15) is 28.8 Å². The van der Waals surface area contributed by atoms with Crippen molar-refractivity contribution in [1.82, 2.24) is 20.5 Å². The molecule has 0 saturated heterocycles. The Kier molecular flexibility index (Phi) is 9.03. The lowest BCUT2D eigenvalue weighted by atomic mass is 9.84. The molecule has 3 aromatic rings. The number of amides is 4. The Morgan fingerprint density at radius 1 is 1.00 bits per heavy atom. The molecule has 2 aliphatic carbocycles. The molecule has 2 bridgehead atoms. The van der Waals surface area contributed by atoms with Gasteiger partial charge in [0.2, 0.25) is 17.6 Å². The molecule has 43 heavy (non-hydrogen) atoms. The summed E-state index contributed by atoms with van der Waals surface area (Å²) in [5.74, 6) is -2.42. The summed E-state index contributed by atoms with van der Waals surface area (Å²) in [7, 11) is 1.31. The van der Waals surface area contributed by atoms with E-state index >= 15 is 0 Å². The lowest BCUT2D eigenvalue weighted by molar-refractivity contribution is -0.137. The normalized spacial score (nSPS) is 19.8. The Bertz CT molecular complexity index is 1560. The molecular weight excluding hydrogens is 554 g/mol. The van der Waals surface area contributed by atoms with E-state index in [4.69, 9.17) is 4.42 Å². The van der Waals surface area contributed by atoms with Crippen molar-refractivity contribution in [3.63, 3.8) is 0 Å². The molecule has 4 amide bonds. The fourth-order valence-electron chi connectivity index (χ4n) is 6.18. The summed E-state index contributed by atoms with van der Waals surface area (Å²) in [6.07, 6.45) is 6.53. The number of nitrogens with one attached hydrogen (secondary N) is 4. The second-order valence-corrected chi connectivity index (χ2v) is 11.2. The second-order valence-electron chi connectivity index (χ2n) is 11.2. The first-order valence-corrected chi connectivity index (χ1v) is 14.6. The highest BCUT2D eigenvalue weighted by Crippen LogP contribution is 2.42. The Hall–Kier alpha value is -4.74. The molecular formula is C31H35N5O7. The van der Waals surface area contributed by atoms with Crippen LogP contribution in [0.3, 0.4) is 0 Å². The minimum Gasteiger partial charge on any atom is -0.451 e. The van der Waals surface area contributed by atoms with Crippen LogP contribution in [-0.2, 0) is 25.7 Å². The quantitative estimate of drug-likeness (QED) is 0.248. The molecule has 226 valence electrons. The molecule has 0 aliphatic heterocycles. The first kappa shape index (κ1) is 29.7. The van der Waals surface area contributed by atoms with Crippen LogP contribution in [-0.4, -0.2) is 53.1 Å². The van der Waals surface area contributed by atoms with Gasteiger partial charge in [0.25, 0.3) is 17.4 Å². The number of para-hydroxylation sites is 1. The number of pyridine rings is 1. The number of Topliss-reactive ketones (excluding diaryl/α,β-unsaturated/α-hetero) is 1. The molecule has 5 rings (SSSR count). The van der Waals surface area contributed by atoms with Crippen molar-refractivity contribution in [2.75, 3.05) is 12.4 Å². The van der Waals surface area contributed by atoms with Gasteiger partial charge in [-0.1, -0.05) is 24.6 Å².